The number of esters is 2. The second kappa shape index (κ2) is 57.6. The van der Waals surface area contributed by atoms with E-state index in [2.05, 4.69) is 148 Å². The van der Waals surface area contributed by atoms with Crippen molar-refractivity contribution in [2.45, 2.75) is 232 Å². The van der Waals surface area contributed by atoms with Crippen LogP contribution in [0.2, 0.25) is 0 Å². The van der Waals surface area contributed by atoms with Crippen molar-refractivity contribution in [3.63, 3.8) is 0 Å². The van der Waals surface area contributed by atoms with Gasteiger partial charge < -0.3 is 33.3 Å². The summed E-state index contributed by atoms with van der Waals surface area (Å²) in [6.45, 7) is 4.58. The van der Waals surface area contributed by atoms with Crippen LogP contribution in [0.25, 0.3) is 0 Å². The molecule has 0 aromatic heterocycles. The van der Waals surface area contributed by atoms with E-state index in [0.29, 0.717) is 17.4 Å². The Morgan fingerprint density at radius 2 is 0.740 bits per heavy atom. The Bertz CT molecular complexity index is 1720. The van der Waals surface area contributed by atoms with Crippen LogP contribution in [0.4, 0.5) is 0 Å². The summed E-state index contributed by atoms with van der Waals surface area (Å²) in [5, 5.41) is 11.8. The highest BCUT2D eigenvalue weighted by Crippen LogP contribution is 2.14. The van der Waals surface area contributed by atoms with Gasteiger partial charge in [-0.1, -0.05) is 225 Å². The Labute approximate surface area is 471 Å². The Balaban J connectivity index is 4.31. The number of aliphatic carboxylic acids is 1. The molecule has 0 aliphatic carbocycles. The van der Waals surface area contributed by atoms with Gasteiger partial charge in [-0.25, -0.2) is 0 Å². The zero-order valence-electron chi connectivity index (χ0n) is 49.5. The summed E-state index contributed by atoms with van der Waals surface area (Å²) < 4.78 is 22.7. The fraction of sp³-hybridized carbons (Fsp3) is 0.632. The highest BCUT2D eigenvalue weighted by atomic mass is 16.7. The standard InChI is InChI=1S/C68H111NO8/c1-6-8-10-12-14-16-18-20-22-24-25-26-27-28-29-30-31-32-33-34-35-36-37-38-39-40-41-43-45-47-49-51-53-55-57-59-66(71)77-64(63-76-68(67(72)73)74-61-60-69(3,4)5)62-75-65(70)58-56-54-52-50-48-46-44-42-23-21-19-17-15-13-11-9-7-2/h8,10,14,16,20-23,25-26,28-29,31-32,34-35,37-38,40-41,45,47,64,68H,6-7,9,11-13,15,17-19,24,27,30,33,36,39,42-44,46,48-63H2,1-5H3/b10-8-,16-14-,22-20-,23-21-,26-25-,29-28-,32-31-,35-34-,38-37-,41-40-,47-45-. The predicted octanol–water partition coefficient (Wildman–Crippen LogP) is 16.9. The van der Waals surface area contributed by atoms with Crippen LogP contribution in [-0.4, -0.2) is 82.3 Å². The molecule has 77 heavy (non-hydrogen) atoms. The molecule has 0 N–H and O–H groups in total. The van der Waals surface area contributed by atoms with Crippen LogP contribution in [0.15, 0.2) is 134 Å². The number of carboxylic acids is 1. The maximum absolute atomic E-state index is 12.9. The van der Waals surface area contributed by atoms with E-state index in [9.17, 15) is 19.5 Å². The number of hydrogen-bond acceptors (Lipinski definition) is 8. The lowest BCUT2D eigenvalue weighted by Crippen LogP contribution is -2.44. The van der Waals surface area contributed by atoms with Crippen LogP contribution in [-0.2, 0) is 33.3 Å². The summed E-state index contributed by atoms with van der Waals surface area (Å²) in [5.41, 5.74) is 0. The van der Waals surface area contributed by atoms with Gasteiger partial charge in [0.2, 0.25) is 0 Å². The maximum atomic E-state index is 12.9. The molecule has 0 saturated carbocycles. The first-order chi connectivity index (χ1) is 37.6. The van der Waals surface area contributed by atoms with Crippen molar-refractivity contribution in [1.29, 1.82) is 0 Å². The quantitative estimate of drug-likeness (QED) is 0.0195. The molecule has 0 amide bonds. The number of carbonyl (C=O) groups is 3. The van der Waals surface area contributed by atoms with E-state index in [1.807, 2.05) is 21.1 Å². The summed E-state index contributed by atoms with van der Waals surface area (Å²) in [6.07, 6.45) is 79.3. The molecule has 0 rings (SSSR count). The summed E-state index contributed by atoms with van der Waals surface area (Å²) >= 11 is 0. The number of hydrogen-bond donors (Lipinski definition) is 0. The number of unbranched alkanes of at least 4 members (excludes halogenated alkanes) is 17. The van der Waals surface area contributed by atoms with E-state index in [0.717, 1.165) is 122 Å². The van der Waals surface area contributed by atoms with Crippen molar-refractivity contribution in [1.82, 2.24) is 0 Å². The van der Waals surface area contributed by atoms with Gasteiger partial charge in [-0.2, -0.15) is 0 Å². The molecule has 0 saturated heterocycles. The zero-order valence-corrected chi connectivity index (χ0v) is 49.5. The molecule has 0 fully saturated rings. The van der Waals surface area contributed by atoms with Crippen molar-refractivity contribution in [2.75, 3.05) is 47.5 Å². The third-order valence-electron chi connectivity index (χ3n) is 12.4. The number of rotatable bonds is 54. The molecule has 0 aromatic rings. The van der Waals surface area contributed by atoms with Crippen molar-refractivity contribution in [3.8, 4) is 0 Å². The minimum atomic E-state index is -1.64. The van der Waals surface area contributed by atoms with Crippen LogP contribution in [0.5, 0.6) is 0 Å². The van der Waals surface area contributed by atoms with Gasteiger partial charge >= 0.3 is 11.9 Å². The Hall–Kier alpha value is -4.57. The Morgan fingerprint density at radius 3 is 1.12 bits per heavy atom. The molecule has 0 radical (unpaired) electrons. The predicted molar refractivity (Wildman–Crippen MR) is 324 cm³/mol. The number of carboxylic acid groups (broad SMARTS) is 1. The number of carbonyl (C=O) groups excluding carboxylic acids is 3. The lowest BCUT2D eigenvalue weighted by molar-refractivity contribution is -0.870. The Kier molecular flexibility index (Phi) is 54.2. The molecule has 0 aromatic carbocycles. The summed E-state index contributed by atoms with van der Waals surface area (Å²) in [4.78, 5) is 37.3. The van der Waals surface area contributed by atoms with Crippen molar-refractivity contribution >= 4 is 17.9 Å². The second-order valence-corrected chi connectivity index (χ2v) is 20.9. The van der Waals surface area contributed by atoms with Gasteiger partial charge in [-0.15, -0.1) is 0 Å². The van der Waals surface area contributed by atoms with E-state index in [1.54, 1.807) is 0 Å². The largest absolute Gasteiger partial charge is 0.545 e. The van der Waals surface area contributed by atoms with Crippen LogP contribution >= 0.6 is 0 Å². The molecule has 0 aliphatic heterocycles. The normalized spacial score (nSPS) is 13.7. The average Bonchev–Trinajstić information content (AvgIpc) is 3.40. The smallest absolute Gasteiger partial charge is 0.306 e. The SMILES string of the molecule is CC/C=C\C/C=C\C/C=C\C/C=C\C/C=C\C/C=C\C/C=C\C/C=C\C/C=C\C/C=C\CCCCCCC(=O)OC(COC(=O)CCCCCCCCC/C=C\CCCCCCCC)COC(OCC[N+](C)(C)C)C(=O)[O-]. The first-order valence-corrected chi connectivity index (χ1v) is 30.3. The molecule has 436 valence electrons. The number of quaternary nitrogens is 1. The first-order valence-electron chi connectivity index (χ1n) is 30.3. The first kappa shape index (κ1) is 72.4. The number of allylic oxidation sites excluding steroid dienone is 22. The fourth-order valence-corrected chi connectivity index (χ4v) is 7.73. The van der Waals surface area contributed by atoms with Gasteiger partial charge in [0.1, 0.15) is 13.2 Å². The third kappa shape index (κ3) is 58.9. The van der Waals surface area contributed by atoms with Crippen LogP contribution in [0.1, 0.15) is 219 Å². The van der Waals surface area contributed by atoms with Gasteiger partial charge in [0.25, 0.3) is 0 Å². The molecule has 2 unspecified atom stereocenters. The monoisotopic (exact) mass is 1070 g/mol. The Morgan fingerprint density at radius 1 is 0.403 bits per heavy atom. The highest BCUT2D eigenvalue weighted by molar-refractivity contribution is 5.70. The minimum absolute atomic E-state index is 0.135. The lowest BCUT2D eigenvalue weighted by atomic mass is 10.1. The van der Waals surface area contributed by atoms with Gasteiger partial charge in [-0.05, 0) is 116 Å². The highest BCUT2D eigenvalue weighted by Gasteiger charge is 2.22. The van der Waals surface area contributed by atoms with E-state index in [1.165, 1.54) is 64.2 Å². The van der Waals surface area contributed by atoms with E-state index in [-0.39, 0.29) is 38.6 Å². The molecule has 0 aliphatic rings. The van der Waals surface area contributed by atoms with Crippen LogP contribution in [0.3, 0.4) is 0 Å². The van der Waals surface area contributed by atoms with E-state index >= 15 is 0 Å². The van der Waals surface area contributed by atoms with Crippen molar-refractivity contribution < 1.29 is 42.9 Å². The molecule has 0 heterocycles. The van der Waals surface area contributed by atoms with E-state index < -0.39 is 24.3 Å². The minimum Gasteiger partial charge on any atom is -0.545 e. The van der Waals surface area contributed by atoms with Crippen LogP contribution < -0.4 is 5.11 Å². The van der Waals surface area contributed by atoms with Gasteiger partial charge in [0.15, 0.2) is 12.4 Å². The number of nitrogens with zero attached hydrogens (tertiary/aromatic N) is 1. The topological polar surface area (TPSA) is 111 Å². The molecule has 0 spiro atoms. The number of ether oxygens (including phenoxy) is 4. The molecule has 9 heteroatoms. The maximum Gasteiger partial charge on any atom is 0.306 e. The van der Waals surface area contributed by atoms with Crippen molar-refractivity contribution in [3.05, 3.63) is 134 Å². The molecular weight excluding hydrogens is 959 g/mol. The van der Waals surface area contributed by atoms with Gasteiger partial charge in [0.05, 0.1) is 40.3 Å². The summed E-state index contributed by atoms with van der Waals surface area (Å²) in [5.74, 6) is -2.34. The van der Waals surface area contributed by atoms with Gasteiger partial charge in [-0.3, -0.25) is 9.59 Å². The van der Waals surface area contributed by atoms with Crippen molar-refractivity contribution in [2.24, 2.45) is 0 Å². The van der Waals surface area contributed by atoms with E-state index in [4.69, 9.17) is 18.9 Å². The molecule has 0 bridgehead atoms. The molecular formula is C68H111NO8. The summed E-state index contributed by atoms with van der Waals surface area (Å²) in [7, 11) is 5.90. The molecule has 9 nitrogen and oxygen atoms in total. The zero-order chi connectivity index (χ0) is 56.2. The lowest BCUT2D eigenvalue weighted by Gasteiger charge is -2.26. The average molecular weight is 1070 g/mol. The van der Waals surface area contributed by atoms with Gasteiger partial charge in [0, 0.05) is 12.8 Å². The molecule has 2 atom stereocenters. The summed E-state index contributed by atoms with van der Waals surface area (Å²) in [6, 6.07) is 0. The van der Waals surface area contributed by atoms with Crippen LogP contribution in [0, 0.1) is 0 Å². The fourth-order valence-electron chi connectivity index (χ4n) is 7.73. The second-order valence-electron chi connectivity index (χ2n) is 20.9. The number of likely N-dealkylation sites (N-methyl/N-ethyl adjacent to an activating group) is 1. The third-order valence-corrected chi connectivity index (χ3v) is 12.4.